The van der Waals surface area contributed by atoms with Crippen molar-refractivity contribution in [2.75, 3.05) is 33.3 Å². The van der Waals surface area contributed by atoms with Crippen LogP contribution in [0.15, 0.2) is 42.5 Å². The average molecular weight is 407 g/mol. The molecule has 7 heteroatoms. The standard InChI is InChI=1S/C20H20Cl2N2O3/c1-27-16-5-2-14(3-6-16)12-19(25)23-8-10-24(11-9-23)20(26)15-4-7-17(21)18(22)13-15/h2-7,13H,8-12H2,1H3. The molecule has 2 aromatic rings. The minimum Gasteiger partial charge on any atom is -0.497 e. The molecule has 1 saturated heterocycles. The molecule has 0 aromatic heterocycles. The lowest BCUT2D eigenvalue weighted by Crippen LogP contribution is -2.51. The number of hydrogen-bond acceptors (Lipinski definition) is 3. The monoisotopic (exact) mass is 406 g/mol. The Labute approximate surface area is 168 Å². The number of carbonyl (C=O) groups excluding carboxylic acids is 2. The van der Waals surface area contributed by atoms with Crippen LogP contribution in [-0.2, 0) is 11.2 Å². The van der Waals surface area contributed by atoms with Gasteiger partial charge in [0.15, 0.2) is 0 Å². The van der Waals surface area contributed by atoms with Crippen molar-refractivity contribution in [3.05, 3.63) is 63.6 Å². The van der Waals surface area contributed by atoms with E-state index >= 15 is 0 Å². The molecule has 27 heavy (non-hydrogen) atoms. The molecule has 0 bridgehead atoms. The van der Waals surface area contributed by atoms with Crippen LogP contribution in [0.25, 0.3) is 0 Å². The highest BCUT2D eigenvalue weighted by atomic mass is 35.5. The Morgan fingerprint density at radius 1 is 0.926 bits per heavy atom. The van der Waals surface area contributed by atoms with Gasteiger partial charge in [0.05, 0.1) is 23.6 Å². The molecule has 3 rings (SSSR count). The normalized spacial score (nSPS) is 14.2. The fourth-order valence-electron chi connectivity index (χ4n) is 3.00. The molecule has 1 aliphatic heterocycles. The van der Waals surface area contributed by atoms with E-state index < -0.39 is 0 Å². The van der Waals surface area contributed by atoms with E-state index in [1.807, 2.05) is 24.3 Å². The predicted octanol–water partition coefficient (Wildman–Crippen LogP) is 3.53. The van der Waals surface area contributed by atoms with Gasteiger partial charge in [0.2, 0.25) is 5.91 Å². The number of amides is 2. The topological polar surface area (TPSA) is 49.9 Å². The van der Waals surface area contributed by atoms with Crippen LogP contribution >= 0.6 is 23.2 Å². The molecule has 2 amide bonds. The van der Waals surface area contributed by atoms with Crippen LogP contribution in [0.3, 0.4) is 0 Å². The lowest BCUT2D eigenvalue weighted by molar-refractivity contribution is -0.131. The van der Waals surface area contributed by atoms with Gasteiger partial charge in [-0.15, -0.1) is 0 Å². The lowest BCUT2D eigenvalue weighted by atomic mass is 10.1. The van der Waals surface area contributed by atoms with E-state index in [2.05, 4.69) is 0 Å². The number of nitrogens with zero attached hydrogens (tertiary/aromatic N) is 2. The molecule has 0 radical (unpaired) electrons. The van der Waals surface area contributed by atoms with Gasteiger partial charge >= 0.3 is 0 Å². The molecule has 1 aliphatic rings. The van der Waals surface area contributed by atoms with Crippen molar-refractivity contribution in [3.8, 4) is 5.75 Å². The van der Waals surface area contributed by atoms with Crippen molar-refractivity contribution in [1.82, 2.24) is 9.80 Å². The van der Waals surface area contributed by atoms with Crippen LogP contribution in [0.2, 0.25) is 10.0 Å². The van der Waals surface area contributed by atoms with Crippen molar-refractivity contribution in [3.63, 3.8) is 0 Å². The number of rotatable bonds is 4. The third kappa shape index (κ3) is 4.73. The number of piperazine rings is 1. The van der Waals surface area contributed by atoms with Gasteiger partial charge in [0, 0.05) is 31.7 Å². The Morgan fingerprint density at radius 3 is 2.15 bits per heavy atom. The van der Waals surface area contributed by atoms with Gasteiger partial charge in [0.1, 0.15) is 5.75 Å². The van der Waals surface area contributed by atoms with E-state index in [0.717, 1.165) is 11.3 Å². The highest BCUT2D eigenvalue weighted by Crippen LogP contribution is 2.23. The molecule has 0 unspecified atom stereocenters. The fourth-order valence-corrected chi connectivity index (χ4v) is 3.30. The molecule has 1 fully saturated rings. The first-order chi connectivity index (χ1) is 13.0. The van der Waals surface area contributed by atoms with E-state index in [4.69, 9.17) is 27.9 Å². The van der Waals surface area contributed by atoms with Crippen molar-refractivity contribution in [2.24, 2.45) is 0 Å². The van der Waals surface area contributed by atoms with Crippen LogP contribution in [0.4, 0.5) is 0 Å². The zero-order valence-electron chi connectivity index (χ0n) is 15.0. The van der Waals surface area contributed by atoms with Crippen molar-refractivity contribution in [1.29, 1.82) is 0 Å². The van der Waals surface area contributed by atoms with E-state index in [0.29, 0.717) is 48.2 Å². The Morgan fingerprint density at radius 2 is 1.56 bits per heavy atom. The number of carbonyl (C=O) groups is 2. The lowest BCUT2D eigenvalue weighted by Gasteiger charge is -2.35. The van der Waals surface area contributed by atoms with Crippen LogP contribution in [0.5, 0.6) is 5.75 Å². The SMILES string of the molecule is COc1ccc(CC(=O)N2CCN(C(=O)c3ccc(Cl)c(Cl)c3)CC2)cc1. The molecule has 142 valence electrons. The zero-order chi connectivity index (χ0) is 19.4. The Hall–Kier alpha value is -2.24. The van der Waals surface area contributed by atoms with Gasteiger partial charge in [-0.2, -0.15) is 0 Å². The second-order valence-corrected chi connectivity index (χ2v) is 7.14. The largest absolute Gasteiger partial charge is 0.497 e. The van der Waals surface area contributed by atoms with Gasteiger partial charge in [-0.3, -0.25) is 9.59 Å². The third-order valence-electron chi connectivity index (χ3n) is 4.60. The zero-order valence-corrected chi connectivity index (χ0v) is 16.5. The molecule has 5 nitrogen and oxygen atoms in total. The number of ether oxygens (including phenoxy) is 1. The summed E-state index contributed by atoms with van der Waals surface area (Å²) in [5.41, 5.74) is 1.44. The first kappa shape index (κ1) is 19.5. The van der Waals surface area contributed by atoms with Gasteiger partial charge in [-0.25, -0.2) is 0 Å². The van der Waals surface area contributed by atoms with Gasteiger partial charge in [-0.1, -0.05) is 35.3 Å². The summed E-state index contributed by atoms with van der Waals surface area (Å²) >= 11 is 11.9. The molecular formula is C20H20Cl2N2O3. The summed E-state index contributed by atoms with van der Waals surface area (Å²) in [6.45, 7) is 2.02. The van der Waals surface area contributed by atoms with Gasteiger partial charge in [-0.05, 0) is 35.9 Å². The van der Waals surface area contributed by atoms with Crippen LogP contribution < -0.4 is 4.74 Å². The summed E-state index contributed by atoms with van der Waals surface area (Å²) in [6, 6.07) is 12.3. The third-order valence-corrected chi connectivity index (χ3v) is 5.34. The quantitative estimate of drug-likeness (QED) is 0.779. The van der Waals surface area contributed by atoms with Gasteiger partial charge < -0.3 is 14.5 Å². The molecular weight excluding hydrogens is 387 g/mol. The van der Waals surface area contributed by atoms with Crippen LogP contribution in [0.1, 0.15) is 15.9 Å². The van der Waals surface area contributed by atoms with Crippen molar-refractivity contribution < 1.29 is 14.3 Å². The maximum Gasteiger partial charge on any atom is 0.254 e. The molecule has 0 atom stereocenters. The van der Waals surface area contributed by atoms with Crippen molar-refractivity contribution >= 4 is 35.0 Å². The van der Waals surface area contributed by atoms with E-state index in [1.54, 1.807) is 35.1 Å². The molecule has 0 saturated carbocycles. The number of methoxy groups -OCH3 is 1. The number of benzene rings is 2. The van der Waals surface area contributed by atoms with Crippen LogP contribution in [0, 0.1) is 0 Å². The first-order valence-corrected chi connectivity index (χ1v) is 9.38. The van der Waals surface area contributed by atoms with Gasteiger partial charge in [0.25, 0.3) is 5.91 Å². The minimum absolute atomic E-state index is 0.0572. The van der Waals surface area contributed by atoms with Crippen molar-refractivity contribution in [2.45, 2.75) is 6.42 Å². The number of hydrogen-bond donors (Lipinski definition) is 0. The average Bonchev–Trinajstić information content (AvgIpc) is 2.70. The first-order valence-electron chi connectivity index (χ1n) is 8.63. The summed E-state index contributed by atoms with van der Waals surface area (Å²) in [5, 5.41) is 0.776. The summed E-state index contributed by atoms with van der Waals surface area (Å²) < 4.78 is 5.13. The Kier molecular flexibility index (Phi) is 6.24. The summed E-state index contributed by atoms with van der Waals surface area (Å²) in [7, 11) is 1.61. The molecule has 0 N–H and O–H groups in total. The maximum absolute atomic E-state index is 12.6. The summed E-state index contributed by atoms with van der Waals surface area (Å²) in [4.78, 5) is 28.6. The Balaban J connectivity index is 1.55. The van der Waals surface area contributed by atoms with E-state index in [9.17, 15) is 9.59 Å². The summed E-state index contributed by atoms with van der Waals surface area (Å²) in [6.07, 6.45) is 0.338. The molecule has 0 spiro atoms. The van der Waals surface area contributed by atoms with E-state index in [-0.39, 0.29) is 11.8 Å². The van der Waals surface area contributed by atoms with E-state index in [1.165, 1.54) is 0 Å². The highest BCUT2D eigenvalue weighted by molar-refractivity contribution is 6.42. The Bertz CT molecular complexity index is 832. The smallest absolute Gasteiger partial charge is 0.254 e. The molecule has 0 aliphatic carbocycles. The molecule has 2 aromatic carbocycles. The summed E-state index contributed by atoms with van der Waals surface area (Å²) in [5.74, 6) is 0.721. The maximum atomic E-state index is 12.6. The predicted molar refractivity (Wildman–Crippen MR) is 106 cm³/mol. The highest BCUT2D eigenvalue weighted by Gasteiger charge is 2.25. The fraction of sp³-hybridized carbons (Fsp3) is 0.300. The second-order valence-electron chi connectivity index (χ2n) is 6.33. The molecule has 1 heterocycles. The van der Waals surface area contributed by atoms with Crippen LogP contribution in [-0.4, -0.2) is 54.9 Å². The minimum atomic E-state index is -0.101. The second kappa shape index (κ2) is 8.63. The number of halogens is 2.